The molecular weight excluding hydrogens is 222 g/mol. The number of esters is 2. The van der Waals surface area contributed by atoms with Crippen LogP contribution in [0.2, 0.25) is 0 Å². The van der Waals surface area contributed by atoms with E-state index in [-0.39, 0.29) is 17.1 Å². The molecule has 3 N–H and O–H groups in total. The van der Waals surface area contributed by atoms with Crippen LogP contribution in [0.15, 0.2) is 0 Å². The summed E-state index contributed by atoms with van der Waals surface area (Å²) in [5, 5.41) is 8.19. The quantitative estimate of drug-likeness (QED) is 0.361. The summed E-state index contributed by atoms with van der Waals surface area (Å²) in [6.07, 6.45) is -0.549. The van der Waals surface area contributed by atoms with Gasteiger partial charge in [-0.05, 0) is 0 Å². The number of aliphatic carboxylic acids is 1. The maximum atomic E-state index is 10.7. The second-order valence-electron chi connectivity index (χ2n) is 2.12. The molecule has 0 amide bonds. The zero-order chi connectivity index (χ0) is 9.72. The Hall–Kier alpha value is -0.911. The number of hydrogen-bond acceptors (Lipinski definition) is 5. The zero-order valence-electron chi connectivity index (χ0n) is 6.80. The second kappa shape index (κ2) is 6.59. The molecule has 0 aliphatic rings. The number of hydrogen-bond donors (Lipinski definition) is 2. The van der Waals surface area contributed by atoms with Crippen LogP contribution in [0.1, 0.15) is 13.3 Å². The van der Waals surface area contributed by atoms with Gasteiger partial charge in [-0.15, -0.1) is 0 Å². The van der Waals surface area contributed by atoms with Crippen molar-refractivity contribution in [3.63, 3.8) is 0 Å². The van der Waals surface area contributed by atoms with E-state index in [0.29, 0.717) is 0 Å². The Morgan fingerprint density at radius 3 is 2.23 bits per heavy atom. The van der Waals surface area contributed by atoms with E-state index in [0.717, 1.165) is 6.92 Å². The SMILES string of the molecule is CC(=O)OC(=O)C(N)CC(=O)O.[Fe]. The summed E-state index contributed by atoms with van der Waals surface area (Å²) in [6.45, 7) is 1.03. The Morgan fingerprint density at radius 1 is 1.46 bits per heavy atom. The molecule has 0 fully saturated rings. The summed E-state index contributed by atoms with van der Waals surface area (Å²) < 4.78 is 4.05. The minimum absolute atomic E-state index is 0. The average Bonchev–Trinajstić information content (AvgIpc) is 1.84. The van der Waals surface area contributed by atoms with Crippen molar-refractivity contribution in [1.29, 1.82) is 0 Å². The number of ether oxygens (including phenoxy) is 1. The summed E-state index contributed by atoms with van der Waals surface area (Å²) in [4.78, 5) is 30.9. The molecule has 76 valence electrons. The van der Waals surface area contributed by atoms with Crippen molar-refractivity contribution in [3.8, 4) is 0 Å². The summed E-state index contributed by atoms with van der Waals surface area (Å²) in [7, 11) is 0. The van der Waals surface area contributed by atoms with Crippen LogP contribution >= 0.6 is 0 Å². The molecule has 0 radical (unpaired) electrons. The molecule has 0 aliphatic heterocycles. The molecule has 0 bridgehead atoms. The van der Waals surface area contributed by atoms with Gasteiger partial charge in [0.25, 0.3) is 0 Å². The zero-order valence-corrected chi connectivity index (χ0v) is 7.90. The molecule has 0 spiro atoms. The first-order valence-corrected chi connectivity index (χ1v) is 3.13. The molecule has 0 aromatic heterocycles. The number of nitrogens with two attached hydrogens (primary N) is 1. The summed E-state index contributed by atoms with van der Waals surface area (Å²) in [5.41, 5.74) is 5.06. The Bertz CT molecular complexity index is 217. The third kappa shape index (κ3) is 7.45. The molecule has 13 heavy (non-hydrogen) atoms. The van der Waals surface area contributed by atoms with Gasteiger partial charge in [-0.1, -0.05) is 0 Å². The van der Waals surface area contributed by atoms with Gasteiger partial charge in [0.15, 0.2) is 0 Å². The Labute approximate surface area is 84.9 Å². The van der Waals surface area contributed by atoms with E-state index in [2.05, 4.69) is 4.74 Å². The predicted molar refractivity (Wildman–Crippen MR) is 37.0 cm³/mol. The maximum absolute atomic E-state index is 10.7. The van der Waals surface area contributed by atoms with E-state index in [1.165, 1.54) is 0 Å². The normalized spacial score (nSPS) is 10.9. The average molecular weight is 231 g/mol. The predicted octanol–water partition coefficient (Wildman–Crippen LogP) is -1.12. The van der Waals surface area contributed by atoms with Crippen LogP contribution in [0, 0.1) is 0 Å². The van der Waals surface area contributed by atoms with Crippen LogP contribution in [0.3, 0.4) is 0 Å². The van der Waals surface area contributed by atoms with Crippen LogP contribution in [0.4, 0.5) is 0 Å². The fourth-order valence-electron chi connectivity index (χ4n) is 0.489. The number of carbonyl (C=O) groups is 3. The van der Waals surface area contributed by atoms with Crippen molar-refractivity contribution >= 4 is 17.9 Å². The maximum Gasteiger partial charge on any atom is 0.331 e. The third-order valence-electron chi connectivity index (χ3n) is 0.942. The second-order valence-corrected chi connectivity index (χ2v) is 2.12. The monoisotopic (exact) mass is 231 g/mol. The van der Waals surface area contributed by atoms with E-state index >= 15 is 0 Å². The van der Waals surface area contributed by atoms with E-state index in [4.69, 9.17) is 10.8 Å². The van der Waals surface area contributed by atoms with Crippen LogP contribution < -0.4 is 5.73 Å². The molecule has 7 heteroatoms. The molecule has 0 aromatic rings. The molecule has 0 saturated carbocycles. The molecule has 1 unspecified atom stereocenters. The fraction of sp³-hybridized carbons (Fsp3) is 0.500. The molecule has 0 saturated heterocycles. The first-order chi connectivity index (χ1) is 5.43. The first-order valence-electron chi connectivity index (χ1n) is 3.13. The van der Waals surface area contributed by atoms with Gasteiger partial charge in [0.1, 0.15) is 6.04 Å². The van der Waals surface area contributed by atoms with Gasteiger partial charge in [-0.2, -0.15) is 0 Å². The number of carboxylic acids is 1. The van der Waals surface area contributed by atoms with Crippen LogP contribution in [0.5, 0.6) is 0 Å². The van der Waals surface area contributed by atoms with Crippen molar-refractivity contribution in [2.75, 3.05) is 0 Å². The minimum atomic E-state index is -1.29. The standard InChI is InChI=1S/C6H9NO5.Fe/c1-3(8)12-6(11)4(7)2-5(9)10;/h4H,2,7H2,1H3,(H,9,10);. The van der Waals surface area contributed by atoms with Crippen LogP contribution in [0.25, 0.3) is 0 Å². The molecule has 0 aliphatic carbocycles. The topological polar surface area (TPSA) is 107 Å². The molecular formula is C6H9FeNO5. The molecule has 0 rings (SSSR count). The molecule has 1 atom stereocenters. The number of carbonyl (C=O) groups excluding carboxylic acids is 2. The smallest absolute Gasteiger partial charge is 0.331 e. The van der Waals surface area contributed by atoms with Gasteiger partial charge in [0.2, 0.25) is 0 Å². The van der Waals surface area contributed by atoms with Crippen LogP contribution in [-0.2, 0) is 36.2 Å². The van der Waals surface area contributed by atoms with Crippen molar-refractivity contribution in [2.45, 2.75) is 19.4 Å². The van der Waals surface area contributed by atoms with E-state index < -0.39 is 30.4 Å². The van der Waals surface area contributed by atoms with E-state index in [9.17, 15) is 14.4 Å². The van der Waals surface area contributed by atoms with Crippen LogP contribution in [-0.4, -0.2) is 29.1 Å². The minimum Gasteiger partial charge on any atom is -0.481 e. The van der Waals surface area contributed by atoms with Crippen molar-refractivity contribution in [3.05, 3.63) is 0 Å². The van der Waals surface area contributed by atoms with Gasteiger partial charge < -0.3 is 15.6 Å². The van der Waals surface area contributed by atoms with Crippen molar-refractivity contribution < 1.29 is 41.3 Å². The van der Waals surface area contributed by atoms with E-state index in [1.54, 1.807) is 0 Å². The Morgan fingerprint density at radius 2 is 1.92 bits per heavy atom. The molecule has 6 nitrogen and oxygen atoms in total. The van der Waals surface area contributed by atoms with Gasteiger partial charge in [-0.25, -0.2) is 4.79 Å². The first kappa shape index (κ1) is 14.6. The Kier molecular flexibility index (Phi) is 7.40. The number of rotatable bonds is 3. The number of carboxylic acid groups (broad SMARTS) is 1. The largest absolute Gasteiger partial charge is 0.481 e. The third-order valence-corrected chi connectivity index (χ3v) is 0.942. The summed E-state index contributed by atoms with van der Waals surface area (Å²) in [6, 6.07) is -1.29. The van der Waals surface area contributed by atoms with Gasteiger partial charge in [0, 0.05) is 24.0 Å². The molecule has 0 aromatic carbocycles. The van der Waals surface area contributed by atoms with Gasteiger partial charge in [0.05, 0.1) is 6.42 Å². The summed E-state index contributed by atoms with van der Waals surface area (Å²) >= 11 is 0. The van der Waals surface area contributed by atoms with E-state index in [1.807, 2.05) is 0 Å². The fourth-order valence-corrected chi connectivity index (χ4v) is 0.489. The Balaban J connectivity index is 0. The van der Waals surface area contributed by atoms with Gasteiger partial charge >= 0.3 is 17.9 Å². The van der Waals surface area contributed by atoms with Crippen molar-refractivity contribution in [2.24, 2.45) is 5.73 Å². The van der Waals surface area contributed by atoms with Gasteiger partial charge in [-0.3, -0.25) is 9.59 Å². The molecule has 0 heterocycles. The van der Waals surface area contributed by atoms with Crippen molar-refractivity contribution in [1.82, 2.24) is 0 Å². The summed E-state index contributed by atoms with van der Waals surface area (Å²) in [5.74, 6) is -3.05.